The van der Waals surface area contributed by atoms with Crippen LogP contribution in [0, 0.1) is 11.8 Å². The molecule has 0 spiro atoms. The number of anilines is 1. The summed E-state index contributed by atoms with van der Waals surface area (Å²) >= 11 is 0. The zero-order chi connectivity index (χ0) is 19.8. The lowest BCUT2D eigenvalue weighted by Gasteiger charge is -2.29. The van der Waals surface area contributed by atoms with Gasteiger partial charge in [0.2, 0.25) is 0 Å². The molecule has 3 atom stereocenters. The molecule has 1 saturated carbocycles. The SMILES string of the molecule is Cl.Cl.N[C@@H]1CCC[C@@H]2CN(c3nc(CCc4ccccc4)nc4c3CCNC4=O)C[C@@H]21. The first-order chi connectivity index (χ1) is 14.2. The maximum atomic E-state index is 12.5. The highest BCUT2D eigenvalue weighted by Crippen LogP contribution is 2.38. The van der Waals surface area contributed by atoms with Crippen LogP contribution in [0.3, 0.4) is 0 Å². The van der Waals surface area contributed by atoms with E-state index in [4.69, 9.17) is 10.7 Å². The third kappa shape index (κ3) is 4.81. The quantitative estimate of drug-likeness (QED) is 0.727. The Kier molecular flexibility index (Phi) is 7.78. The number of benzene rings is 1. The van der Waals surface area contributed by atoms with Gasteiger partial charge in [0.05, 0.1) is 0 Å². The lowest BCUT2D eigenvalue weighted by atomic mass is 9.78. The molecule has 8 heteroatoms. The van der Waals surface area contributed by atoms with E-state index in [-0.39, 0.29) is 36.8 Å². The van der Waals surface area contributed by atoms with Crippen LogP contribution >= 0.6 is 24.8 Å². The third-order valence-corrected chi connectivity index (χ3v) is 6.84. The summed E-state index contributed by atoms with van der Waals surface area (Å²) in [4.78, 5) is 24.6. The highest BCUT2D eigenvalue weighted by Gasteiger charge is 2.40. The predicted octanol–water partition coefficient (Wildman–Crippen LogP) is 2.95. The van der Waals surface area contributed by atoms with Gasteiger partial charge in [-0.2, -0.15) is 0 Å². The Bertz CT molecular complexity index is 910. The average molecular weight is 464 g/mol. The molecule has 31 heavy (non-hydrogen) atoms. The van der Waals surface area contributed by atoms with Crippen molar-refractivity contribution in [2.45, 2.75) is 44.6 Å². The molecule has 6 nitrogen and oxygen atoms in total. The number of carbonyl (C=O) groups is 1. The number of nitrogens with zero attached hydrogens (tertiary/aromatic N) is 3. The molecule has 1 aromatic heterocycles. The van der Waals surface area contributed by atoms with Crippen LogP contribution < -0.4 is 16.0 Å². The number of aryl methyl sites for hydroxylation is 2. The van der Waals surface area contributed by atoms with Crippen molar-refractivity contribution >= 4 is 36.5 Å². The first-order valence-corrected chi connectivity index (χ1v) is 10.9. The molecular weight excluding hydrogens is 433 g/mol. The number of nitrogens with two attached hydrogens (primary N) is 1. The standard InChI is InChI=1S/C23H29N5O.2ClH/c24-19-8-4-7-16-13-28(14-18(16)19)22-17-11-12-25-23(29)21(17)26-20(27-22)10-9-15-5-2-1-3-6-15;;/h1-3,5-6,16,18-19H,4,7-14,24H2,(H,25,29);2*1H/t16-,18+,19-;;/m1../s1. The van der Waals surface area contributed by atoms with Crippen LogP contribution in [-0.2, 0) is 19.3 Å². The van der Waals surface area contributed by atoms with Crippen molar-refractivity contribution in [3.63, 3.8) is 0 Å². The van der Waals surface area contributed by atoms with E-state index in [0.717, 1.165) is 56.0 Å². The predicted molar refractivity (Wildman–Crippen MR) is 127 cm³/mol. The van der Waals surface area contributed by atoms with Crippen LogP contribution in [0.4, 0.5) is 5.82 Å². The Balaban J connectivity index is 0.00000136. The van der Waals surface area contributed by atoms with Gasteiger partial charge in [-0.15, -0.1) is 24.8 Å². The fourth-order valence-electron chi connectivity index (χ4n) is 5.28. The van der Waals surface area contributed by atoms with Gasteiger partial charge in [0.25, 0.3) is 5.91 Å². The summed E-state index contributed by atoms with van der Waals surface area (Å²) in [6.07, 6.45) is 6.01. The van der Waals surface area contributed by atoms with E-state index in [0.29, 0.717) is 24.1 Å². The Morgan fingerprint density at radius 3 is 2.65 bits per heavy atom. The van der Waals surface area contributed by atoms with E-state index in [2.05, 4.69) is 39.5 Å². The van der Waals surface area contributed by atoms with Gasteiger partial charge in [0.1, 0.15) is 17.3 Å². The van der Waals surface area contributed by atoms with Crippen LogP contribution in [0.2, 0.25) is 0 Å². The molecule has 1 amide bonds. The lowest BCUT2D eigenvalue weighted by Crippen LogP contribution is -2.38. The molecule has 3 aliphatic rings. The number of nitrogens with one attached hydrogen (secondary N) is 1. The normalized spacial score (nSPS) is 24.4. The first-order valence-electron chi connectivity index (χ1n) is 10.9. The van der Waals surface area contributed by atoms with E-state index in [9.17, 15) is 4.79 Å². The van der Waals surface area contributed by atoms with Crippen molar-refractivity contribution in [1.29, 1.82) is 0 Å². The number of rotatable bonds is 4. The van der Waals surface area contributed by atoms with Gasteiger partial charge >= 0.3 is 0 Å². The number of hydrogen-bond donors (Lipinski definition) is 2. The van der Waals surface area contributed by atoms with E-state index in [1.54, 1.807) is 0 Å². The third-order valence-electron chi connectivity index (χ3n) is 6.84. The minimum absolute atomic E-state index is 0. The lowest BCUT2D eigenvalue weighted by molar-refractivity contribution is 0.0940. The van der Waals surface area contributed by atoms with Gasteiger partial charge < -0.3 is 16.0 Å². The fourth-order valence-corrected chi connectivity index (χ4v) is 5.28. The van der Waals surface area contributed by atoms with Crippen molar-refractivity contribution in [3.05, 3.63) is 53.0 Å². The maximum absolute atomic E-state index is 12.5. The molecule has 2 fully saturated rings. The van der Waals surface area contributed by atoms with Crippen LogP contribution in [0.25, 0.3) is 0 Å². The van der Waals surface area contributed by atoms with E-state index in [1.807, 2.05) is 6.07 Å². The molecule has 2 aliphatic heterocycles. The minimum atomic E-state index is -0.0656. The highest BCUT2D eigenvalue weighted by molar-refractivity contribution is 5.96. The second-order valence-corrected chi connectivity index (χ2v) is 8.71. The summed E-state index contributed by atoms with van der Waals surface area (Å²) in [6, 6.07) is 10.7. The number of hydrogen-bond acceptors (Lipinski definition) is 5. The summed E-state index contributed by atoms with van der Waals surface area (Å²) in [5.74, 6) is 2.87. The number of halogens is 2. The number of amides is 1. The number of carbonyl (C=O) groups excluding carboxylic acids is 1. The summed E-state index contributed by atoms with van der Waals surface area (Å²) in [5.41, 5.74) is 9.29. The smallest absolute Gasteiger partial charge is 0.270 e. The molecule has 0 unspecified atom stereocenters. The topological polar surface area (TPSA) is 84.1 Å². The Morgan fingerprint density at radius 2 is 1.87 bits per heavy atom. The monoisotopic (exact) mass is 463 g/mol. The number of aromatic nitrogens is 2. The van der Waals surface area contributed by atoms with Crippen molar-refractivity contribution in [3.8, 4) is 0 Å². The van der Waals surface area contributed by atoms with E-state index in [1.165, 1.54) is 18.4 Å². The molecule has 1 aromatic carbocycles. The maximum Gasteiger partial charge on any atom is 0.270 e. The molecule has 0 radical (unpaired) electrons. The van der Waals surface area contributed by atoms with Gasteiger partial charge in [-0.3, -0.25) is 4.79 Å². The van der Waals surface area contributed by atoms with Gasteiger partial charge in [-0.1, -0.05) is 36.8 Å². The molecule has 0 bridgehead atoms. The van der Waals surface area contributed by atoms with E-state index >= 15 is 0 Å². The molecule has 1 aliphatic carbocycles. The van der Waals surface area contributed by atoms with E-state index < -0.39 is 0 Å². The highest BCUT2D eigenvalue weighted by atomic mass is 35.5. The minimum Gasteiger partial charge on any atom is -0.356 e. The van der Waals surface area contributed by atoms with Gasteiger partial charge in [0, 0.05) is 37.7 Å². The molecule has 2 aromatic rings. The Morgan fingerprint density at radius 1 is 1.06 bits per heavy atom. The Labute approximate surface area is 196 Å². The van der Waals surface area contributed by atoms with Crippen molar-refractivity contribution in [2.24, 2.45) is 17.6 Å². The van der Waals surface area contributed by atoms with Crippen molar-refractivity contribution in [2.75, 3.05) is 24.5 Å². The van der Waals surface area contributed by atoms with Crippen LogP contribution in [0.1, 0.15) is 46.7 Å². The molecule has 3 N–H and O–H groups in total. The summed E-state index contributed by atoms with van der Waals surface area (Å²) in [7, 11) is 0. The molecule has 168 valence electrons. The average Bonchev–Trinajstić information content (AvgIpc) is 3.19. The van der Waals surface area contributed by atoms with Crippen molar-refractivity contribution in [1.82, 2.24) is 15.3 Å². The second-order valence-electron chi connectivity index (χ2n) is 8.71. The van der Waals surface area contributed by atoms with Crippen LogP contribution in [0.5, 0.6) is 0 Å². The molecule has 1 saturated heterocycles. The molecular formula is C23H31Cl2N5O. The largest absolute Gasteiger partial charge is 0.356 e. The fraction of sp³-hybridized carbons (Fsp3) is 0.522. The van der Waals surface area contributed by atoms with Crippen molar-refractivity contribution < 1.29 is 4.79 Å². The van der Waals surface area contributed by atoms with Gasteiger partial charge in [-0.05, 0) is 43.1 Å². The van der Waals surface area contributed by atoms with Gasteiger partial charge in [-0.25, -0.2) is 9.97 Å². The number of fused-ring (bicyclic) bond motifs is 2. The first kappa shape index (κ1) is 23.8. The van der Waals surface area contributed by atoms with Crippen LogP contribution in [0.15, 0.2) is 30.3 Å². The zero-order valence-corrected chi connectivity index (χ0v) is 19.3. The van der Waals surface area contributed by atoms with Gasteiger partial charge in [0.15, 0.2) is 0 Å². The zero-order valence-electron chi connectivity index (χ0n) is 17.6. The summed E-state index contributed by atoms with van der Waals surface area (Å²) < 4.78 is 0. The summed E-state index contributed by atoms with van der Waals surface area (Å²) in [5, 5.41) is 2.95. The van der Waals surface area contributed by atoms with Crippen LogP contribution in [-0.4, -0.2) is 41.6 Å². The second kappa shape index (κ2) is 10.2. The Hall–Kier alpha value is -1.89. The molecule has 5 rings (SSSR count). The molecule has 3 heterocycles. The summed E-state index contributed by atoms with van der Waals surface area (Å²) in [6.45, 7) is 2.61.